The van der Waals surface area contributed by atoms with Gasteiger partial charge in [-0.1, -0.05) is 12.1 Å². The van der Waals surface area contributed by atoms with Crippen LogP contribution in [0, 0.1) is 6.92 Å². The fraction of sp³-hybridized carbons (Fsp3) is 0.286. The summed E-state index contributed by atoms with van der Waals surface area (Å²) in [5.74, 6) is 0.875. The molecule has 0 N–H and O–H groups in total. The molecule has 0 aliphatic heterocycles. The van der Waals surface area contributed by atoms with Crippen LogP contribution in [0.2, 0.25) is 0 Å². The van der Waals surface area contributed by atoms with E-state index in [1.807, 2.05) is 18.2 Å². The minimum atomic E-state index is 0.00658. The van der Waals surface area contributed by atoms with Gasteiger partial charge in [-0.05, 0) is 58.6 Å². The number of methoxy groups -OCH3 is 1. The third-order valence-corrected chi connectivity index (χ3v) is 5.50. The van der Waals surface area contributed by atoms with Crippen LogP contribution in [0.4, 0.5) is 0 Å². The second kappa shape index (κ2) is 6.09. The summed E-state index contributed by atoms with van der Waals surface area (Å²) in [6, 6.07) is 10.2. The number of ether oxygens (including phenoxy) is 1. The Kier molecular flexibility index (Phi) is 4.71. The molecule has 1 aromatic carbocycles. The van der Waals surface area contributed by atoms with Crippen LogP contribution in [0.15, 0.2) is 34.1 Å². The number of rotatable bonds is 4. The average molecular weight is 346 g/mol. The number of halogens is 2. The minimum Gasteiger partial charge on any atom is -0.497 e. The highest BCUT2D eigenvalue weighted by molar-refractivity contribution is 9.11. The lowest BCUT2D eigenvalue weighted by Crippen LogP contribution is -1.94. The average Bonchev–Trinajstić information content (AvgIpc) is 2.70. The van der Waals surface area contributed by atoms with Gasteiger partial charge in [0.25, 0.3) is 0 Å². The molecule has 96 valence electrons. The Morgan fingerprint density at radius 1 is 1.39 bits per heavy atom. The van der Waals surface area contributed by atoms with Gasteiger partial charge in [0.2, 0.25) is 0 Å². The largest absolute Gasteiger partial charge is 0.497 e. The van der Waals surface area contributed by atoms with Crippen molar-refractivity contribution in [2.45, 2.75) is 18.7 Å². The third kappa shape index (κ3) is 3.28. The summed E-state index contributed by atoms with van der Waals surface area (Å²) in [6.07, 6.45) is 0.811. The lowest BCUT2D eigenvalue weighted by molar-refractivity contribution is 0.414. The van der Waals surface area contributed by atoms with Crippen LogP contribution in [0.5, 0.6) is 5.75 Å². The van der Waals surface area contributed by atoms with Crippen molar-refractivity contribution in [1.82, 2.24) is 0 Å². The molecule has 1 nitrogen and oxygen atoms in total. The van der Waals surface area contributed by atoms with Gasteiger partial charge in [-0.25, -0.2) is 0 Å². The van der Waals surface area contributed by atoms with Crippen LogP contribution >= 0.6 is 38.9 Å². The number of alkyl halides is 1. The Balaban J connectivity index is 2.13. The summed E-state index contributed by atoms with van der Waals surface area (Å²) in [5.41, 5.74) is 2.43. The van der Waals surface area contributed by atoms with E-state index >= 15 is 0 Å². The molecule has 0 bridgehead atoms. The highest BCUT2D eigenvalue weighted by atomic mass is 79.9. The number of aryl methyl sites for hydroxylation is 1. The molecule has 1 heterocycles. The number of benzene rings is 1. The summed E-state index contributed by atoms with van der Waals surface area (Å²) in [7, 11) is 1.68. The van der Waals surface area contributed by atoms with Crippen molar-refractivity contribution in [3.63, 3.8) is 0 Å². The van der Waals surface area contributed by atoms with Crippen LogP contribution in [-0.4, -0.2) is 7.11 Å². The van der Waals surface area contributed by atoms with E-state index in [1.54, 1.807) is 18.4 Å². The van der Waals surface area contributed by atoms with Gasteiger partial charge in [0.15, 0.2) is 0 Å². The first-order valence-corrected chi connectivity index (χ1v) is 7.67. The van der Waals surface area contributed by atoms with Gasteiger partial charge in [-0.2, -0.15) is 0 Å². The zero-order chi connectivity index (χ0) is 13.1. The first-order chi connectivity index (χ1) is 8.60. The summed E-state index contributed by atoms with van der Waals surface area (Å²) < 4.78 is 6.38. The van der Waals surface area contributed by atoms with E-state index in [0.717, 1.165) is 16.0 Å². The van der Waals surface area contributed by atoms with Gasteiger partial charge in [0.1, 0.15) is 5.75 Å². The van der Waals surface area contributed by atoms with Crippen LogP contribution < -0.4 is 4.74 Å². The Bertz CT molecular complexity index is 519. The van der Waals surface area contributed by atoms with Crippen molar-refractivity contribution < 1.29 is 4.74 Å². The van der Waals surface area contributed by atoms with Crippen molar-refractivity contribution in [3.8, 4) is 5.75 Å². The number of hydrogen-bond acceptors (Lipinski definition) is 2. The highest BCUT2D eigenvalue weighted by Gasteiger charge is 2.13. The second-order valence-electron chi connectivity index (χ2n) is 4.13. The maximum absolute atomic E-state index is 6.47. The minimum absolute atomic E-state index is 0.00658. The van der Waals surface area contributed by atoms with Crippen molar-refractivity contribution in [2.24, 2.45) is 0 Å². The van der Waals surface area contributed by atoms with Gasteiger partial charge in [-0.15, -0.1) is 22.9 Å². The van der Waals surface area contributed by atoms with E-state index in [4.69, 9.17) is 16.3 Å². The molecule has 18 heavy (non-hydrogen) atoms. The molecule has 1 atom stereocenters. The summed E-state index contributed by atoms with van der Waals surface area (Å²) >= 11 is 11.7. The number of hydrogen-bond donors (Lipinski definition) is 0. The molecule has 2 aromatic rings. The fourth-order valence-corrected chi connectivity index (χ4v) is 3.67. The molecule has 0 aliphatic rings. The molecule has 2 rings (SSSR count). The molecule has 1 unspecified atom stereocenters. The topological polar surface area (TPSA) is 9.23 Å². The fourth-order valence-electron chi connectivity index (χ4n) is 1.74. The van der Waals surface area contributed by atoms with Gasteiger partial charge < -0.3 is 4.74 Å². The zero-order valence-electron chi connectivity index (χ0n) is 10.2. The summed E-state index contributed by atoms with van der Waals surface area (Å²) in [6.45, 7) is 2.08. The third-order valence-electron chi connectivity index (χ3n) is 2.73. The smallest absolute Gasteiger partial charge is 0.119 e. The van der Waals surface area contributed by atoms with Crippen molar-refractivity contribution in [1.29, 1.82) is 0 Å². The molecule has 1 aromatic heterocycles. The van der Waals surface area contributed by atoms with Crippen LogP contribution in [-0.2, 0) is 6.42 Å². The Morgan fingerprint density at radius 2 is 2.17 bits per heavy atom. The van der Waals surface area contributed by atoms with Crippen molar-refractivity contribution in [2.75, 3.05) is 7.11 Å². The summed E-state index contributed by atoms with van der Waals surface area (Å²) in [5, 5.41) is 0.00658. The van der Waals surface area contributed by atoms with Gasteiger partial charge in [0, 0.05) is 4.88 Å². The molecule has 0 fully saturated rings. The molecular weight excluding hydrogens is 332 g/mol. The summed E-state index contributed by atoms with van der Waals surface area (Å²) in [4.78, 5) is 1.20. The van der Waals surface area contributed by atoms with E-state index in [2.05, 4.69) is 35.0 Å². The second-order valence-corrected chi connectivity index (χ2v) is 7.06. The molecule has 0 aliphatic carbocycles. The van der Waals surface area contributed by atoms with E-state index in [0.29, 0.717) is 0 Å². The van der Waals surface area contributed by atoms with Crippen LogP contribution in [0.3, 0.4) is 0 Å². The molecular formula is C14H14BrClOS. The van der Waals surface area contributed by atoms with Gasteiger partial charge in [0.05, 0.1) is 16.3 Å². The van der Waals surface area contributed by atoms with Crippen LogP contribution in [0.25, 0.3) is 0 Å². The normalized spacial score (nSPS) is 12.4. The molecule has 0 amide bonds. The predicted molar refractivity (Wildman–Crippen MR) is 82.0 cm³/mol. The van der Waals surface area contributed by atoms with E-state index in [9.17, 15) is 0 Å². The predicted octanol–water partition coefficient (Wildman–Crippen LogP) is 5.35. The lowest BCUT2D eigenvalue weighted by Gasteiger charge is -2.08. The molecule has 4 heteroatoms. The first-order valence-electron chi connectivity index (χ1n) is 5.63. The Hall–Kier alpha value is -0.510. The zero-order valence-corrected chi connectivity index (χ0v) is 13.4. The number of thiophene rings is 1. The SMILES string of the molecule is COc1cccc(CC(Cl)c2cc(C)c(Br)s2)c1. The maximum Gasteiger partial charge on any atom is 0.119 e. The maximum atomic E-state index is 6.47. The van der Waals surface area contributed by atoms with Gasteiger partial charge >= 0.3 is 0 Å². The lowest BCUT2D eigenvalue weighted by atomic mass is 10.1. The van der Waals surface area contributed by atoms with E-state index in [1.165, 1.54) is 16.0 Å². The molecule has 0 saturated heterocycles. The quantitative estimate of drug-likeness (QED) is 0.679. The van der Waals surface area contributed by atoms with E-state index < -0.39 is 0 Å². The first kappa shape index (κ1) is 13.9. The molecule has 0 saturated carbocycles. The van der Waals surface area contributed by atoms with Gasteiger partial charge in [-0.3, -0.25) is 0 Å². The monoisotopic (exact) mass is 344 g/mol. The highest BCUT2D eigenvalue weighted by Crippen LogP contribution is 2.36. The van der Waals surface area contributed by atoms with Crippen molar-refractivity contribution >= 4 is 38.9 Å². The molecule has 0 spiro atoms. The standard InChI is InChI=1S/C14H14BrClOS/c1-9-6-13(18-14(9)15)12(16)8-10-4-3-5-11(7-10)17-2/h3-7,12H,8H2,1-2H3. The van der Waals surface area contributed by atoms with Crippen molar-refractivity contribution in [3.05, 3.63) is 50.1 Å². The Morgan fingerprint density at radius 3 is 2.78 bits per heavy atom. The van der Waals surface area contributed by atoms with Crippen LogP contribution in [0.1, 0.15) is 21.4 Å². The van der Waals surface area contributed by atoms with E-state index in [-0.39, 0.29) is 5.38 Å². The molecule has 0 radical (unpaired) electrons. The Labute approximate surface area is 125 Å².